The Labute approximate surface area is 128 Å². The van der Waals surface area contributed by atoms with Crippen LogP contribution in [0.5, 0.6) is 0 Å². The minimum atomic E-state index is -0.367. The maximum Gasteiger partial charge on any atom is 0.231 e. The summed E-state index contributed by atoms with van der Waals surface area (Å²) < 4.78 is 0. The van der Waals surface area contributed by atoms with Crippen molar-refractivity contribution < 1.29 is 4.79 Å². The first-order valence-corrected chi connectivity index (χ1v) is 7.98. The molecule has 1 fully saturated rings. The molecule has 2 aromatic rings. The number of aryl methyl sites for hydroxylation is 1. The van der Waals surface area contributed by atoms with Crippen molar-refractivity contribution in [2.75, 3.05) is 5.73 Å². The Hall–Kier alpha value is -1.88. The Morgan fingerprint density at radius 1 is 1.38 bits per heavy atom. The van der Waals surface area contributed by atoms with Crippen molar-refractivity contribution in [3.8, 4) is 0 Å². The fourth-order valence-electron chi connectivity index (χ4n) is 2.54. The molecule has 1 aromatic carbocycles. The number of anilines is 1. The molecule has 1 saturated carbocycles. The van der Waals surface area contributed by atoms with Gasteiger partial charge in [0, 0.05) is 16.8 Å². The van der Waals surface area contributed by atoms with Gasteiger partial charge in [0.2, 0.25) is 5.91 Å². The van der Waals surface area contributed by atoms with Gasteiger partial charge < -0.3 is 11.1 Å². The molecule has 1 aromatic heterocycles. The fraction of sp³-hybridized carbons (Fsp3) is 0.375. The minimum absolute atomic E-state index is 0.0533. The second-order valence-electron chi connectivity index (χ2n) is 5.73. The topological polar surface area (TPSA) is 68.0 Å². The van der Waals surface area contributed by atoms with E-state index in [0.29, 0.717) is 0 Å². The van der Waals surface area contributed by atoms with Crippen LogP contribution in [0.25, 0.3) is 0 Å². The Kier molecular flexibility index (Phi) is 3.45. The van der Waals surface area contributed by atoms with Gasteiger partial charge in [-0.3, -0.25) is 4.79 Å². The summed E-state index contributed by atoms with van der Waals surface area (Å²) in [6.45, 7) is 3.94. The molecule has 21 heavy (non-hydrogen) atoms. The summed E-state index contributed by atoms with van der Waals surface area (Å²) in [6.07, 6.45) is 1.79. The minimum Gasteiger partial charge on any atom is -0.399 e. The van der Waals surface area contributed by atoms with E-state index < -0.39 is 0 Å². The standard InChI is InChI=1S/C16H19N3OS/c1-10-9-21-14(18-10)11(2)19-15(20)16(7-8-16)12-3-5-13(17)6-4-12/h3-6,9,11H,7-8,17H2,1-2H3,(H,19,20). The average Bonchev–Trinajstić information content (AvgIpc) is 3.16. The van der Waals surface area contributed by atoms with E-state index in [1.54, 1.807) is 11.3 Å². The summed E-state index contributed by atoms with van der Waals surface area (Å²) in [5.74, 6) is 0.0904. The van der Waals surface area contributed by atoms with Crippen LogP contribution in [-0.4, -0.2) is 10.9 Å². The van der Waals surface area contributed by atoms with Crippen LogP contribution in [0.4, 0.5) is 5.69 Å². The van der Waals surface area contributed by atoms with Crippen LogP contribution in [0.2, 0.25) is 0 Å². The SMILES string of the molecule is Cc1csc(C(C)NC(=O)C2(c3ccc(N)cc3)CC2)n1. The lowest BCUT2D eigenvalue weighted by atomic mass is 9.94. The van der Waals surface area contributed by atoms with Gasteiger partial charge in [-0.25, -0.2) is 4.98 Å². The number of nitrogens with zero attached hydrogens (tertiary/aromatic N) is 1. The van der Waals surface area contributed by atoms with E-state index in [1.807, 2.05) is 43.5 Å². The lowest BCUT2D eigenvalue weighted by Gasteiger charge is -2.19. The second-order valence-corrected chi connectivity index (χ2v) is 6.62. The number of benzene rings is 1. The number of hydrogen-bond donors (Lipinski definition) is 2. The van der Waals surface area contributed by atoms with Crippen LogP contribution >= 0.6 is 11.3 Å². The fourth-order valence-corrected chi connectivity index (χ4v) is 3.35. The molecule has 4 nitrogen and oxygen atoms in total. The molecule has 3 rings (SSSR count). The third-order valence-corrected chi connectivity index (χ3v) is 5.15. The van der Waals surface area contributed by atoms with Gasteiger partial charge in [-0.2, -0.15) is 0 Å². The molecule has 1 heterocycles. The molecule has 110 valence electrons. The van der Waals surface area contributed by atoms with Crippen LogP contribution in [-0.2, 0) is 10.2 Å². The summed E-state index contributed by atoms with van der Waals surface area (Å²) in [6, 6.07) is 7.58. The molecule has 0 bridgehead atoms. The third-order valence-electron chi connectivity index (χ3n) is 4.00. The summed E-state index contributed by atoms with van der Waals surface area (Å²) in [4.78, 5) is 17.1. The molecule has 1 aliphatic rings. The molecule has 5 heteroatoms. The van der Waals surface area contributed by atoms with Crippen molar-refractivity contribution in [1.29, 1.82) is 0 Å². The van der Waals surface area contributed by atoms with E-state index in [0.717, 1.165) is 34.8 Å². The van der Waals surface area contributed by atoms with Gasteiger partial charge in [0.15, 0.2) is 0 Å². The normalized spacial score (nSPS) is 17.2. The number of hydrogen-bond acceptors (Lipinski definition) is 4. The van der Waals surface area contributed by atoms with Crippen molar-refractivity contribution in [2.45, 2.75) is 38.1 Å². The molecule has 1 amide bonds. The van der Waals surface area contributed by atoms with Crippen molar-refractivity contribution >= 4 is 22.9 Å². The Balaban J connectivity index is 1.74. The highest BCUT2D eigenvalue weighted by Gasteiger charge is 2.51. The first-order valence-electron chi connectivity index (χ1n) is 7.10. The van der Waals surface area contributed by atoms with Crippen LogP contribution in [0, 0.1) is 6.92 Å². The van der Waals surface area contributed by atoms with E-state index >= 15 is 0 Å². The van der Waals surface area contributed by atoms with Crippen LogP contribution < -0.4 is 11.1 Å². The predicted molar refractivity (Wildman–Crippen MR) is 85.2 cm³/mol. The lowest BCUT2D eigenvalue weighted by molar-refractivity contribution is -0.124. The quantitative estimate of drug-likeness (QED) is 0.853. The van der Waals surface area contributed by atoms with E-state index in [1.165, 1.54) is 0 Å². The Morgan fingerprint density at radius 2 is 2.05 bits per heavy atom. The van der Waals surface area contributed by atoms with Gasteiger partial charge in [-0.15, -0.1) is 11.3 Å². The summed E-state index contributed by atoms with van der Waals surface area (Å²) in [5.41, 5.74) is 8.12. The number of aromatic nitrogens is 1. The van der Waals surface area contributed by atoms with Crippen molar-refractivity contribution in [3.63, 3.8) is 0 Å². The molecule has 0 saturated heterocycles. The zero-order valence-corrected chi connectivity index (χ0v) is 13.0. The number of nitrogens with one attached hydrogen (secondary N) is 1. The molecular formula is C16H19N3OS. The second kappa shape index (κ2) is 5.15. The number of rotatable bonds is 4. The van der Waals surface area contributed by atoms with Gasteiger partial charge in [0.05, 0.1) is 11.5 Å². The average molecular weight is 301 g/mol. The maximum absolute atomic E-state index is 12.6. The zero-order valence-electron chi connectivity index (χ0n) is 12.2. The van der Waals surface area contributed by atoms with Gasteiger partial charge in [0.25, 0.3) is 0 Å². The van der Waals surface area contributed by atoms with Gasteiger partial charge >= 0.3 is 0 Å². The molecule has 1 aliphatic carbocycles. The Morgan fingerprint density at radius 3 is 2.57 bits per heavy atom. The zero-order chi connectivity index (χ0) is 15.0. The van der Waals surface area contributed by atoms with Crippen molar-refractivity contribution in [2.24, 2.45) is 0 Å². The summed E-state index contributed by atoms with van der Waals surface area (Å²) in [7, 11) is 0. The van der Waals surface area contributed by atoms with Gasteiger partial charge in [-0.05, 0) is 44.4 Å². The number of thiazole rings is 1. The monoisotopic (exact) mass is 301 g/mol. The summed E-state index contributed by atoms with van der Waals surface area (Å²) >= 11 is 1.59. The first kappa shape index (κ1) is 14.1. The van der Waals surface area contributed by atoms with Gasteiger partial charge in [-0.1, -0.05) is 12.1 Å². The molecule has 1 atom stereocenters. The molecular weight excluding hydrogens is 282 g/mol. The van der Waals surface area contributed by atoms with Crippen molar-refractivity contribution in [3.05, 3.63) is 45.9 Å². The predicted octanol–water partition coefficient (Wildman–Crippen LogP) is 2.94. The van der Waals surface area contributed by atoms with E-state index in [4.69, 9.17) is 5.73 Å². The van der Waals surface area contributed by atoms with Crippen LogP contribution in [0.1, 0.15) is 42.1 Å². The van der Waals surface area contributed by atoms with Crippen LogP contribution in [0.3, 0.4) is 0 Å². The van der Waals surface area contributed by atoms with Crippen molar-refractivity contribution in [1.82, 2.24) is 10.3 Å². The summed E-state index contributed by atoms with van der Waals surface area (Å²) in [5, 5.41) is 6.06. The molecule has 0 spiro atoms. The molecule has 0 aliphatic heterocycles. The lowest BCUT2D eigenvalue weighted by Crippen LogP contribution is -2.36. The number of amides is 1. The van der Waals surface area contributed by atoms with E-state index in [-0.39, 0.29) is 17.4 Å². The van der Waals surface area contributed by atoms with Crippen LogP contribution in [0.15, 0.2) is 29.6 Å². The number of carbonyl (C=O) groups excluding carboxylic acids is 1. The maximum atomic E-state index is 12.6. The Bertz CT molecular complexity index is 658. The smallest absolute Gasteiger partial charge is 0.231 e. The number of nitrogens with two attached hydrogens (primary N) is 1. The van der Waals surface area contributed by atoms with E-state index in [2.05, 4.69) is 10.3 Å². The third kappa shape index (κ3) is 2.65. The van der Waals surface area contributed by atoms with E-state index in [9.17, 15) is 4.79 Å². The first-order chi connectivity index (χ1) is 10.0. The highest BCUT2D eigenvalue weighted by Crippen LogP contribution is 2.48. The molecule has 3 N–H and O–H groups in total. The molecule has 0 radical (unpaired) electrons. The highest BCUT2D eigenvalue weighted by molar-refractivity contribution is 7.09. The molecule has 1 unspecified atom stereocenters. The number of nitrogen functional groups attached to an aromatic ring is 1. The highest BCUT2D eigenvalue weighted by atomic mass is 32.1. The number of carbonyl (C=O) groups is 1. The van der Waals surface area contributed by atoms with Gasteiger partial charge in [0.1, 0.15) is 5.01 Å². The largest absolute Gasteiger partial charge is 0.399 e.